The first-order valence-electron chi connectivity index (χ1n) is 9.57. The second-order valence-corrected chi connectivity index (χ2v) is 6.79. The van der Waals surface area contributed by atoms with Crippen LogP contribution in [-0.4, -0.2) is 28.0 Å². The van der Waals surface area contributed by atoms with E-state index in [4.69, 9.17) is 4.74 Å². The summed E-state index contributed by atoms with van der Waals surface area (Å²) in [6, 6.07) is 14.8. The van der Waals surface area contributed by atoms with Gasteiger partial charge >= 0.3 is 5.97 Å². The molecule has 28 heavy (non-hydrogen) atoms. The van der Waals surface area contributed by atoms with Gasteiger partial charge in [0.25, 0.3) is 0 Å². The lowest BCUT2D eigenvalue weighted by atomic mass is 10.0. The molecule has 3 rings (SSSR count). The molecule has 5 nitrogen and oxygen atoms in total. The Hall–Kier alpha value is -2.92. The van der Waals surface area contributed by atoms with Gasteiger partial charge in [0.05, 0.1) is 12.7 Å². The fraction of sp³-hybridized carbons (Fsp3) is 0.304. The Labute approximate surface area is 164 Å². The van der Waals surface area contributed by atoms with Gasteiger partial charge in [-0.05, 0) is 31.9 Å². The third-order valence-corrected chi connectivity index (χ3v) is 4.77. The van der Waals surface area contributed by atoms with Crippen LogP contribution in [-0.2, 0) is 16.1 Å². The van der Waals surface area contributed by atoms with Gasteiger partial charge in [0.15, 0.2) is 5.78 Å². The smallest absolute Gasteiger partial charge is 0.305 e. The third kappa shape index (κ3) is 4.31. The van der Waals surface area contributed by atoms with Crippen molar-refractivity contribution in [2.24, 2.45) is 0 Å². The van der Waals surface area contributed by atoms with Crippen LogP contribution in [0.25, 0.3) is 10.9 Å². The summed E-state index contributed by atoms with van der Waals surface area (Å²) in [4.78, 5) is 24.6. The van der Waals surface area contributed by atoms with E-state index >= 15 is 0 Å². The summed E-state index contributed by atoms with van der Waals surface area (Å²) in [5.41, 5.74) is 2.96. The normalized spacial score (nSPS) is 12.1. The van der Waals surface area contributed by atoms with Crippen LogP contribution in [0.5, 0.6) is 0 Å². The number of nitrogens with zero attached hydrogens (tertiary/aromatic N) is 1. The SMILES string of the molecule is CCOC(=O)CCCn1cc(C(=O)c2ccc(C(C)O)cc2)c2ccccc21. The largest absolute Gasteiger partial charge is 0.466 e. The molecule has 0 saturated carbocycles. The molecule has 1 unspecified atom stereocenters. The molecule has 146 valence electrons. The number of carbonyl (C=O) groups is 2. The molecule has 2 aromatic carbocycles. The molecule has 0 aliphatic rings. The lowest BCUT2D eigenvalue weighted by molar-refractivity contribution is -0.143. The zero-order valence-corrected chi connectivity index (χ0v) is 16.2. The van der Waals surface area contributed by atoms with E-state index in [-0.39, 0.29) is 11.8 Å². The number of esters is 1. The Bertz CT molecular complexity index is 970. The predicted molar refractivity (Wildman–Crippen MR) is 108 cm³/mol. The molecule has 0 amide bonds. The maximum Gasteiger partial charge on any atom is 0.305 e. The number of aromatic nitrogens is 1. The molecule has 0 saturated heterocycles. The van der Waals surface area contributed by atoms with Crippen LogP contribution < -0.4 is 0 Å². The summed E-state index contributed by atoms with van der Waals surface area (Å²) in [6.45, 7) is 4.51. The van der Waals surface area contributed by atoms with Crippen molar-refractivity contribution in [1.82, 2.24) is 4.57 Å². The average molecular weight is 379 g/mol. The van der Waals surface area contributed by atoms with Gasteiger partial charge in [0, 0.05) is 41.2 Å². The van der Waals surface area contributed by atoms with E-state index < -0.39 is 6.10 Å². The molecular weight excluding hydrogens is 354 g/mol. The Balaban J connectivity index is 1.85. The van der Waals surface area contributed by atoms with Crippen LogP contribution in [0.2, 0.25) is 0 Å². The van der Waals surface area contributed by atoms with Crippen LogP contribution in [0, 0.1) is 0 Å². The van der Waals surface area contributed by atoms with E-state index in [1.807, 2.05) is 35.0 Å². The number of ketones is 1. The van der Waals surface area contributed by atoms with Gasteiger partial charge in [0.2, 0.25) is 0 Å². The van der Waals surface area contributed by atoms with Crippen molar-refractivity contribution >= 4 is 22.7 Å². The quantitative estimate of drug-likeness (QED) is 0.469. The Morgan fingerprint density at radius 1 is 1.11 bits per heavy atom. The molecule has 1 heterocycles. The zero-order valence-electron chi connectivity index (χ0n) is 16.2. The maximum absolute atomic E-state index is 13.1. The second kappa shape index (κ2) is 8.85. The summed E-state index contributed by atoms with van der Waals surface area (Å²) < 4.78 is 6.99. The first-order chi connectivity index (χ1) is 13.5. The minimum absolute atomic E-state index is 0.0579. The number of hydrogen-bond donors (Lipinski definition) is 1. The molecule has 0 spiro atoms. The van der Waals surface area contributed by atoms with Gasteiger partial charge in [-0.3, -0.25) is 9.59 Å². The van der Waals surface area contributed by atoms with E-state index in [0.29, 0.717) is 37.1 Å². The molecule has 0 bridgehead atoms. The Morgan fingerprint density at radius 2 is 1.82 bits per heavy atom. The minimum Gasteiger partial charge on any atom is -0.466 e. The fourth-order valence-electron chi connectivity index (χ4n) is 3.31. The van der Waals surface area contributed by atoms with Gasteiger partial charge in [-0.25, -0.2) is 0 Å². The minimum atomic E-state index is -0.564. The van der Waals surface area contributed by atoms with Crippen LogP contribution >= 0.6 is 0 Å². The molecule has 3 aromatic rings. The number of aryl methyl sites for hydroxylation is 1. The number of hydrogen-bond acceptors (Lipinski definition) is 4. The van der Waals surface area contributed by atoms with Gasteiger partial charge in [-0.15, -0.1) is 0 Å². The predicted octanol–water partition coefficient (Wildman–Crippen LogP) is 4.27. The Kier molecular flexibility index (Phi) is 6.26. The van der Waals surface area contributed by atoms with Crippen LogP contribution in [0.15, 0.2) is 54.7 Å². The number of carbonyl (C=O) groups excluding carboxylic acids is 2. The summed E-state index contributed by atoms with van der Waals surface area (Å²) in [5, 5.41) is 10.5. The molecule has 0 fully saturated rings. The van der Waals surface area contributed by atoms with Crippen molar-refractivity contribution in [1.29, 1.82) is 0 Å². The van der Waals surface area contributed by atoms with Crippen molar-refractivity contribution < 1.29 is 19.4 Å². The maximum atomic E-state index is 13.1. The summed E-state index contributed by atoms with van der Waals surface area (Å²) in [7, 11) is 0. The van der Waals surface area contributed by atoms with Gasteiger partial charge in [0.1, 0.15) is 0 Å². The van der Waals surface area contributed by atoms with Gasteiger partial charge < -0.3 is 14.4 Å². The highest BCUT2D eigenvalue weighted by Crippen LogP contribution is 2.25. The highest BCUT2D eigenvalue weighted by Gasteiger charge is 2.17. The zero-order chi connectivity index (χ0) is 20.1. The molecule has 1 N–H and O–H groups in total. The average Bonchev–Trinajstić information content (AvgIpc) is 3.06. The topological polar surface area (TPSA) is 68.5 Å². The van der Waals surface area contributed by atoms with E-state index in [9.17, 15) is 14.7 Å². The van der Waals surface area contributed by atoms with E-state index in [2.05, 4.69) is 0 Å². The molecule has 0 aliphatic carbocycles. The summed E-state index contributed by atoms with van der Waals surface area (Å²) in [6.07, 6.45) is 2.30. The first kappa shape index (κ1) is 19.8. The standard InChI is InChI=1S/C23H25NO4/c1-3-28-22(26)9-6-14-24-15-20(19-7-4-5-8-21(19)24)23(27)18-12-10-17(11-13-18)16(2)25/h4-5,7-8,10-13,15-16,25H,3,6,9,14H2,1-2H3. The molecule has 0 radical (unpaired) electrons. The molecule has 1 aromatic heterocycles. The molecular formula is C23H25NO4. The fourth-order valence-corrected chi connectivity index (χ4v) is 3.31. The van der Waals surface area contributed by atoms with Crippen molar-refractivity contribution in [2.45, 2.75) is 39.3 Å². The van der Waals surface area contributed by atoms with Crippen LogP contribution in [0.1, 0.15) is 54.3 Å². The van der Waals surface area contributed by atoms with Gasteiger partial charge in [-0.1, -0.05) is 42.5 Å². The number of aliphatic hydroxyl groups is 1. The van der Waals surface area contributed by atoms with Crippen LogP contribution in [0.4, 0.5) is 0 Å². The third-order valence-electron chi connectivity index (χ3n) is 4.77. The van der Waals surface area contributed by atoms with E-state index in [1.54, 1.807) is 38.1 Å². The van der Waals surface area contributed by atoms with Crippen LogP contribution in [0.3, 0.4) is 0 Å². The highest BCUT2D eigenvalue weighted by molar-refractivity contribution is 6.16. The number of fused-ring (bicyclic) bond motifs is 1. The van der Waals surface area contributed by atoms with Crippen molar-refractivity contribution in [3.8, 4) is 0 Å². The number of benzene rings is 2. The lowest BCUT2D eigenvalue weighted by Gasteiger charge is -2.05. The molecule has 0 aliphatic heterocycles. The van der Waals surface area contributed by atoms with E-state index in [1.165, 1.54) is 0 Å². The summed E-state index contributed by atoms with van der Waals surface area (Å²) >= 11 is 0. The number of aliphatic hydroxyl groups excluding tert-OH is 1. The first-order valence-corrected chi connectivity index (χ1v) is 9.57. The monoisotopic (exact) mass is 379 g/mol. The van der Waals surface area contributed by atoms with Crippen molar-refractivity contribution in [2.75, 3.05) is 6.61 Å². The molecule has 5 heteroatoms. The lowest BCUT2D eigenvalue weighted by Crippen LogP contribution is -2.06. The van der Waals surface area contributed by atoms with Crippen molar-refractivity contribution in [3.63, 3.8) is 0 Å². The van der Waals surface area contributed by atoms with Gasteiger partial charge in [-0.2, -0.15) is 0 Å². The van der Waals surface area contributed by atoms with Crippen molar-refractivity contribution in [3.05, 3.63) is 71.4 Å². The number of ether oxygens (including phenoxy) is 1. The number of rotatable bonds is 8. The highest BCUT2D eigenvalue weighted by atomic mass is 16.5. The Morgan fingerprint density at radius 3 is 2.50 bits per heavy atom. The number of para-hydroxylation sites is 1. The molecule has 1 atom stereocenters. The second-order valence-electron chi connectivity index (χ2n) is 6.79. The summed E-state index contributed by atoms with van der Waals surface area (Å²) in [5.74, 6) is -0.258. The van der Waals surface area contributed by atoms with E-state index in [0.717, 1.165) is 16.5 Å².